The van der Waals surface area contributed by atoms with Gasteiger partial charge in [0.2, 0.25) is 0 Å². The summed E-state index contributed by atoms with van der Waals surface area (Å²) in [6.07, 6.45) is 4.23. The number of rotatable bonds is 6. The van der Waals surface area contributed by atoms with Gasteiger partial charge in [0.1, 0.15) is 6.17 Å². The Morgan fingerprint density at radius 1 is 1.00 bits per heavy atom. The lowest BCUT2D eigenvalue weighted by Crippen LogP contribution is -2.46. The van der Waals surface area contributed by atoms with Crippen LogP contribution in [0.1, 0.15) is 18.4 Å². The van der Waals surface area contributed by atoms with Gasteiger partial charge in [-0.2, -0.15) is 0 Å². The summed E-state index contributed by atoms with van der Waals surface area (Å²) >= 11 is 0. The van der Waals surface area contributed by atoms with Gasteiger partial charge < -0.3 is 5.32 Å². The summed E-state index contributed by atoms with van der Waals surface area (Å²) in [5.74, 6) is 0.720. The van der Waals surface area contributed by atoms with Gasteiger partial charge in [0.25, 0.3) is 0 Å². The molecule has 1 fully saturated rings. The van der Waals surface area contributed by atoms with Crippen molar-refractivity contribution in [3.8, 4) is 0 Å². The minimum atomic E-state index is -0.227. The van der Waals surface area contributed by atoms with Crippen molar-refractivity contribution in [2.75, 3.05) is 18.4 Å². The van der Waals surface area contributed by atoms with Crippen molar-refractivity contribution >= 4 is 12.0 Å². The molecule has 0 saturated carbocycles. The fraction of sp³-hybridized carbons (Fsp3) is 0.350. The van der Waals surface area contributed by atoms with E-state index in [2.05, 4.69) is 40.5 Å². The van der Waals surface area contributed by atoms with Crippen molar-refractivity contribution in [2.24, 2.45) is 5.92 Å². The minimum absolute atomic E-state index is 0.227. The van der Waals surface area contributed by atoms with E-state index >= 15 is 0 Å². The highest BCUT2D eigenvalue weighted by atomic mass is 16.1. The van der Waals surface area contributed by atoms with Crippen LogP contribution >= 0.6 is 0 Å². The van der Waals surface area contributed by atoms with Crippen LogP contribution in [0.15, 0.2) is 60.7 Å². The van der Waals surface area contributed by atoms with Crippen molar-refractivity contribution in [3.05, 3.63) is 66.2 Å². The van der Waals surface area contributed by atoms with Crippen LogP contribution in [-0.2, 0) is 11.2 Å². The highest BCUT2D eigenvalue weighted by Crippen LogP contribution is 2.23. The molecule has 1 N–H and O–H groups in total. The molecule has 0 amide bonds. The second-order valence-corrected chi connectivity index (χ2v) is 6.26. The third-order valence-electron chi connectivity index (χ3n) is 4.63. The molecule has 1 heterocycles. The minimum Gasteiger partial charge on any atom is -0.364 e. The van der Waals surface area contributed by atoms with E-state index in [4.69, 9.17) is 0 Å². The zero-order valence-electron chi connectivity index (χ0n) is 13.4. The smallest absolute Gasteiger partial charge is 0.157 e. The molecule has 23 heavy (non-hydrogen) atoms. The first kappa shape index (κ1) is 15.8. The van der Waals surface area contributed by atoms with Crippen LogP contribution in [0.3, 0.4) is 0 Å². The van der Waals surface area contributed by atoms with Crippen molar-refractivity contribution in [3.63, 3.8) is 0 Å². The molecule has 0 aromatic heterocycles. The summed E-state index contributed by atoms with van der Waals surface area (Å²) < 4.78 is 0. The third kappa shape index (κ3) is 4.42. The van der Waals surface area contributed by atoms with E-state index in [1.807, 2.05) is 30.3 Å². The molecule has 0 spiro atoms. The lowest BCUT2D eigenvalue weighted by atomic mass is 9.90. The first-order chi connectivity index (χ1) is 11.3. The molecular formula is C20H24N2O. The van der Waals surface area contributed by atoms with E-state index in [0.717, 1.165) is 50.2 Å². The van der Waals surface area contributed by atoms with E-state index in [1.165, 1.54) is 5.56 Å². The summed E-state index contributed by atoms with van der Waals surface area (Å²) in [5, 5.41) is 3.32. The van der Waals surface area contributed by atoms with E-state index in [-0.39, 0.29) is 6.17 Å². The number of carbonyl (C=O) groups is 1. The van der Waals surface area contributed by atoms with Gasteiger partial charge in [-0.1, -0.05) is 48.5 Å². The van der Waals surface area contributed by atoms with Crippen LogP contribution in [0, 0.1) is 5.92 Å². The molecule has 1 aliphatic rings. The van der Waals surface area contributed by atoms with Gasteiger partial charge in [-0.3, -0.25) is 9.69 Å². The molecule has 3 nitrogen and oxygen atoms in total. The van der Waals surface area contributed by atoms with Crippen molar-refractivity contribution in [1.29, 1.82) is 0 Å². The Morgan fingerprint density at radius 3 is 2.22 bits per heavy atom. The second-order valence-electron chi connectivity index (χ2n) is 6.26. The first-order valence-electron chi connectivity index (χ1n) is 8.40. The van der Waals surface area contributed by atoms with E-state index < -0.39 is 0 Å². The molecule has 1 aliphatic heterocycles. The Bertz CT molecular complexity index is 592. The highest BCUT2D eigenvalue weighted by Gasteiger charge is 2.24. The Hall–Kier alpha value is -2.13. The molecule has 2 aromatic carbocycles. The summed E-state index contributed by atoms with van der Waals surface area (Å²) in [5.41, 5.74) is 2.41. The van der Waals surface area contributed by atoms with Gasteiger partial charge in [-0.25, -0.2) is 0 Å². The molecule has 2 aromatic rings. The second kappa shape index (κ2) is 7.93. The van der Waals surface area contributed by atoms with Gasteiger partial charge in [-0.05, 0) is 42.9 Å². The first-order valence-corrected chi connectivity index (χ1v) is 8.40. The molecule has 3 heteroatoms. The maximum absolute atomic E-state index is 11.5. The molecule has 3 rings (SSSR count). The summed E-state index contributed by atoms with van der Waals surface area (Å²) in [6.45, 7) is 1.95. The van der Waals surface area contributed by atoms with E-state index in [1.54, 1.807) is 0 Å². The Labute approximate surface area is 138 Å². The fourth-order valence-electron chi connectivity index (χ4n) is 3.30. The number of carbonyl (C=O) groups excluding carboxylic acids is 1. The molecule has 0 aliphatic carbocycles. The average molecular weight is 308 g/mol. The lowest BCUT2D eigenvalue weighted by molar-refractivity contribution is -0.112. The number of para-hydroxylation sites is 1. The number of piperidine rings is 1. The molecule has 120 valence electrons. The topological polar surface area (TPSA) is 32.3 Å². The summed E-state index contributed by atoms with van der Waals surface area (Å²) in [6, 6.07) is 20.6. The third-order valence-corrected chi connectivity index (χ3v) is 4.63. The summed E-state index contributed by atoms with van der Waals surface area (Å²) in [4.78, 5) is 13.7. The highest BCUT2D eigenvalue weighted by molar-refractivity contribution is 5.63. The number of nitrogens with one attached hydrogen (secondary N) is 1. The normalized spacial score (nSPS) is 17.6. The van der Waals surface area contributed by atoms with Crippen LogP contribution in [0.5, 0.6) is 0 Å². The SMILES string of the molecule is O=CC(Nc1ccccc1)N1CCC(Cc2ccccc2)CC1. The molecule has 1 unspecified atom stereocenters. The van der Waals surface area contributed by atoms with Crippen molar-refractivity contribution < 1.29 is 4.79 Å². The number of hydrogen-bond acceptors (Lipinski definition) is 3. The molecular weight excluding hydrogens is 284 g/mol. The number of hydrogen-bond donors (Lipinski definition) is 1. The Balaban J connectivity index is 1.52. The molecule has 1 saturated heterocycles. The largest absolute Gasteiger partial charge is 0.364 e. The predicted octanol–water partition coefficient (Wildman–Crippen LogP) is 3.58. The zero-order valence-corrected chi connectivity index (χ0v) is 13.4. The lowest BCUT2D eigenvalue weighted by Gasteiger charge is -2.36. The number of benzene rings is 2. The van der Waals surface area contributed by atoms with Crippen molar-refractivity contribution in [2.45, 2.75) is 25.4 Å². The van der Waals surface area contributed by atoms with Crippen molar-refractivity contribution in [1.82, 2.24) is 4.90 Å². The van der Waals surface area contributed by atoms with Gasteiger partial charge in [0.15, 0.2) is 6.29 Å². The standard InChI is InChI=1S/C20H24N2O/c23-16-20(21-19-9-5-2-6-10-19)22-13-11-18(12-14-22)15-17-7-3-1-4-8-17/h1-10,16,18,20-21H,11-15H2. The van der Waals surface area contributed by atoms with E-state index in [9.17, 15) is 4.79 Å². The van der Waals surface area contributed by atoms with Crippen LogP contribution in [-0.4, -0.2) is 30.4 Å². The number of nitrogens with zero attached hydrogens (tertiary/aromatic N) is 1. The van der Waals surface area contributed by atoms with Gasteiger partial charge in [0, 0.05) is 18.8 Å². The number of anilines is 1. The van der Waals surface area contributed by atoms with Gasteiger partial charge in [0.05, 0.1) is 0 Å². The molecule has 1 atom stereocenters. The van der Waals surface area contributed by atoms with E-state index in [0.29, 0.717) is 0 Å². The predicted molar refractivity (Wildman–Crippen MR) is 94.4 cm³/mol. The maximum atomic E-state index is 11.5. The van der Waals surface area contributed by atoms with Gasteiger partial charge in [-0.15, -0.1) is 0 Å². The zero-order chi connectivity index (χ0) is 15.9. The van der Waals surface area contributed by atoms with Crippen LogP contribution in [0.2, 0.25) is 0 Å². The Kier molecular flexibility index (Phi) is 5.43. The van der Waals surface area contributed by atoms with Crippen LogP contribution < -0.4 is 5.32 Å². The monoisotopic (exact) mass is 308 g/mol. The van der Waals surface area contributed by atoms with Crippen LogP contribution in [0.25, 0.3) is 0 Å². The molecule has 0 radical (unpaired) electrons. The quantitative estimate of drug-likeness (QED) is 0.828. The fourth-order valence-corrected chi connectivity index (χ4v) is 3.30. The average Bonchev–Trinajstić information content (AvgIpc) is 2.62. The number of aldehydes is 1. The summed E-state index contributed by atoms with van der Waals surface area (Å²) in [7, 11) is 0. The van der Waals surface area contributed by atoms with Gasteiger partial charge >= 0.3 is 0 Å². The molecule has 0 bridgehead atoms. The number of likely N-dealkylation sites (tertiary alicyclic amines) is 1. The van der Waals surface area contributed by atoms with Crippen LogP contribution in [0.4, 0.5) is 5.69 Å². The maximum Gasteiger partial charge on any atom is 0.157 e. The Morgan fingerprint density at radius 2 is 1.61 bits per heavy atom.